The molecule has 14 heavy (non-hydrogen) atoms. The van der Waals surface area contributed by atoms with Gasteiger partial charge in [0.15, 0.2) is 0 Å². The molecule has 0 N–H and O–H groups in total. The molecule has 0 saturated carbocycles. The van der Waals surface area contributed by atoms with Crippen molar-refractivity contribution >= 4 is 0 Å². The smallest absolute Gasteiger partial charge is 0.0323 e. The van der Waals surface area contributed by atoms with Gasteiger partial charge in [-0.3, -0.25) is 0 Å². The fourth-order valence-corrected chi connectivity index (χ4v) is 1.44. The SMILES string of the molecule is CC=C(C)CCCCCCC=C(C)C. The lowest BCUT2D eigenvalue weighted by molar-refractivity contribution is 0.643. The van der Waals surface area contributed by atoms with E-state index in [9.17, 15) is 0 Å². The molecule has 0 saturated heterocycles. The molecule has 0 spiro atoms. The Morgan fingerprint density at radius 2 is 1.57 bits per heavy atom. The third-order valence-corrected chi connectivity index (χ3v) is 2.57. The number of hydrogen-bond donors (Lipinski definition) is 0. The van der Waals surface area contributed by atoms with Crippen LogP contribution in [0, 0.1) is 0 Å². The van der Waals surface area contributed by atoms with E-state index in [1.54, 1.807) is 0 Å². The second-order valence-corrected chi connectivity index (χ2v) is 4.37. The summed E-state index contributed by atoms with van der Waals surface area (Å²) in [6, 6.07) is 0. The van der Waals surface area contributed by atoms with E-state index in [4.69, 9.17) is 0 Å². The molecule has 0 unspecified atom stereocenters. The van der Waals surface area contributed by atoms with Crippen LogP contribution in [0.3, 0.4) is 0 Å². The van der Waals surface area contributed by atoms with Gasteiger partial charge in [0.05, 0.1) is 0 Å². The van der Waals surface area contributed by atoms with Gasteiger partial charge in [-0.15, -0.1) is 0 Å². The van der Waals surface area contributed by atoms with Gasteiger partial charge in [0.25, 0.3) is 0 Å². The van der Waals surface area contributed by atoms with Gasteiger partial charge in [0.1, 0.15) is 0 Å². The number of unbranched alkanes of at least 4 members (excludes halogenated alkanes) is 4. The monoisotopic (exact) mass is 194 g/mol. The van der Waals surface area contributed by atoms with E-state index in [0.717, 1.165) is 0 Å². The average Bonchev–Trinajstić information content (AvgIpc) is 2.15. The first-order valence-electron chi connectivity index (χ1n) is 5.92. The van der Waals surface area contributed by atoms with Crippen molar-refractivity contribution in [3.8, 4) is 0 Å². The van der Waals surface area contributed by atoms with E-state index in [1.165, 1.54) is 49.7 Å². The van der Waals surface area contributed by atoms with Crippen LogP contribution in [0.1, 0.15) is 66.2 Å². The Bertz CT molecular complexity index is 180. The van der Waals surface area contributed by atoms with Gasteiger partial charge in [-0.1, -0.05) is 36.1 Å². The van der Waals surface area contributed by atoms with Crippen molar-refractivity contribution in [2.45, 2.75) is 66.2 Å². The van der Waals surface area contributed by atoms with Crippen LogP contribution in [0.2, 0.25) is 0 Å². The summed E-state index contributed by atoms with van der Waals surface area (Å²) in [7, 11) is 0. The molecule has 0 nitrogen and oxygen atoms in total. The lowest BCUT2D eigenvalue weighted by atomic mass is 10.1. The fourth-order valence-electron chi connectivity index (χ4n) is 1.44. The fraction of sp³-hybridized carbons (Fsp3) is 0.714. The second-order valence-electron chi connectivity index (χ2n) is 4.37. The molecule has 0 aliphatic carbocycles. The van der Waals surface area contributed by atoms with E-state index in [0.29, 0.717) is 0 Å². The summed E-state index contributed by atoms with van der Waals surface area (Å²) in [6.07, 6.45) is 12.6. The Hall–Kier alpha value is -0.520. The quantitative estimate of drug-likeness (QED) is 0.383. The molecule has 0 fully saturated rings. The van der Waals surface area contributed by atoms with Crippen LogP contribution in [0.5, 0.6) is 0 Å². The number of rotatable bonds is 7. The third-order valence-electron chi connectivity index (χ3n) is 2.57. The van der Waals surface area contributed by atoms with Crippen molar-refractivity contribution in [3.05, 3.63) is 23.3 Å². The number of allylic oxidation sites excluding steroid dienone is 4. The summed E-state index contributed by atoms with van der Waals surface area (Å²) in [5, 5.41) is 0. The van der Waals surface area contributed by atoms with E-state index in [-0.39, 0.29) is 0 Å². The normalized spacial score (nSPS) is 11.6. The molecule has 0 aromatic rings. The molecule has 82 valence electrons. The zero-order valence-corrected chi connectivity index (χ0v) is 10.4. The molecular formula is C14H26. The molecular weight excluding hydrogens is 168 g/mol. The Morgan fingerprint density at radius 3 is 2.14 bits per heavy atom. The molecule has 0 atom stereocenters. The van der Waals surface area contributed by atoms with Crippen molar-refractivity contribution in [1.29, 1.82) is 0 Å². The molecule has 0 heterocycles. The van der Waals surface area contributed by atoms with Crippen molar-refractivity contribution in [2.24, 2.45) is 0 Å². The minimum atomic E-state index is 1.27. The summed E-state index contributed by atoms with van der Waals surface area (Å²) in [5.41, 5.74) is 2.99. The highest BCUT2D eigenvalue weighted by Crippen LogP contribution is 2.10. The molecule has 0 aliphatic heterocycles. The first-order valence-corrected chi connectivity index (χ1v) is 5.92. The largest absolute Gasteiger partial charge is 0.0887 e. The predicted octanol–water partition coefficient (Wildman–Crippen LogP) is 5.26. The second kappa shape index (κ2) is 9.05. The molecule has 0 amide bonds. The Kier molecular flexibility index (Phi) is 8.72. The summed E-state index contributed by atoms with van der Waals surface area (Å²) in [4.78, 5) is 0. The molecule has 0 aliphatic rings. The maximum Gasteiger partial charge on any atom is -0.0323 e. The lowest BCUT2D eigenvalue weighted by Gasteiger charge is -2.00. The standard InChI is InChI=1S/C14H26/c1-5-14(4)12-10-8-6-7-9-11-13(2)3/h5,11H,6-10,12H2,1-4H3. The minimum absolute atomic E-state index is 1.27. The van der Waals surface area contributed by atoms with Gasteiger partial charge < -0.3 is 0 Å². The van der Waals surface area contributed by atoms with Crippen molar-refractivity contribution < 1.29 is 0 Å². The summed E-state index contributed by atoms with van der Waals surface area (Å²) < 4.78 is 0. The molecule has 0 aromatic heterocycles. The van der Waals surface area contributed by atoms with Crippen molar-refractivity contribution in [3.63, 3.8) is 0 Å². The van der Waals surface area contributed by atoms with E-state index >= 15 is 0 Å². The Morgan fingerprint density at radius 1 is 0.929 bits per heavy atom. The highest BCUT2D eigenvalue weighted by atomic mass is 14.0. The van der Waals surface area contributed by atoms with Crippen LogP contribution < -0.4 is 0 Å². The van der Waals surface area contributed by atoms with Crippen LogP contribution in [0.4, 0.5) is 0 Å². The van der Waals surface area contributed by atoms with E-state index in [1.807, 2.05) is 0 Å². The lowest BCUT2D eigenvalue weighted by Crippen LogP contribution is -1.80. The van der Waals surface area contributed by atoms with Gasteiger partial charge in [-0.25, -0.2) is 0 Å². The first kappa shape index (κ1) is 13.5. The van der Waals surface area contributed by atoms with Crippen molar-refractivity contribution in [2.75, 3.05) is 0 Å². The van der Waals surface area contributed by atoms with Gasteiger partial charge in [0, 0.05) is 0 Å². The van der Waals surface area contributed by atoms with E-state index < -0.39 is 0 Å². The molecule has 0 heteroatoms. The number of hydrogen-bond acceptors (Lipinski definition) is 0. The zero-order valence-electron chi connectivity index (χ0n) is 10.4. The maximum atomic E-state index is 2.34. The molecule has 0 aromatic carbocycles. The van der Waals surface area contributed by atoms with Gasteiger partial charge >= 0.3 is 0 Å². The van der Waals surface area contributed by atoms with Crippen LogP contribution in [0.25, 0.3) is 0 Å². The Labute approximate surface area is 90.1 Å². The van der Waals surface area contributed by atoms with Gasteiger partial charge in [0.2, 0.25) is 0 Å². The Balaban J connectivity index is 3.19. The maximum absolute atomic E-state index is 2.34. The van der Waals surface area contributed by atoms with Gasteiger partial charge in [-0.05, 0) is 53.4 Å². The van der Waals surface area contributed by atoms with Crippen molar-refractivity contribution in [1.82, 2.24) is 0 Å². The molecule has 0 bridgehead atoms. The molecule has 0 radical (unpaired) electrons. The van der Waals surface area contributed by atoms with Crippen LogP contribution in [0.15, 0.2) is 23.3 Å². The summed E-state index contributed by atoms with van der Waals surface area (Å²) in [5.74, 6) is 0. The average molecular weight is 194 g/mol. The molecule has 0 rings (SSSR count). The highest BCUT2D eigenvalue weighted by Gasteiger charge is 1.90. The minimum Gasteiger partial charge on any atom is -0.0887 e. The van der Waals surface area contributed by atoms with E-state index in [2.05, 4.69) is 39.8 Å². The van der Waals surface area contributed by atoms with Crippen LogP contribution >= 0.6 is 0 Å². The zero-order chi connectivity index (χ0) is 10.8. The van der Waals surface area contributed by atoms with Gasteiger partial charge in [-0.2, -0.15) is 0 Å². The third kappa shape index (κ3) is 9.57. The topological polar surface area (TPSA) is 0 Å². The first-order chi connectivity index (χ1) is 6.66. The van der Waals surface area contributed by atoms with Crippen LogP contribution in [-0.4, -0.2) is 0 Å². The summed E-state index contributed by atoms with van der Waals surface area (Å²) >= 11 is 0. The van der Waals surface area contributed by atoms with Crippen LogP contribution in [-0.2, 0) is 0 Å². The summed E-state index contributed by atoms with van der Waals surface area (Å²) in [6.45, 7) is 8.71. The predicted molar refractivity (Wildman–Crippen MR) is 66.6 cm³/mol. The highest BCUT2D eigenvalue weighted by molar-refractivity contribution is 4.95.